The van der Waals surface area contributed by atoms with Gasteiger partial charge in [-0.2, -0.15) is 0 Å². The number of rotatable bonds is 1. The van der Waals surface area contributed by atoms with Crippen LogP contribution in [-0.2, 0) is 4.74 Å². The molecule has 1 saturated heterocycles. The lowest BCUT2D eigenvalue weighted by atomic mass is 9.90. The Bertz CT molecular complexity index is 795. The summed E-state index contributed by atoms with van der Waals surface area (Å²) in [5.74, 6) is -3.05. The number of hydrogen-bond donors (Lipinski definition) is 0. The molecule has 0 atom stereocenters. The van der Waals surface area contributed by atoms with E-state index in [1.54, 1.807) is 6.07 Å². The van der Waals surface area contributed by atoms with Crippen molar-refractivity contribution in [2.75, 3.05) is 13.0 Å². The monoisotopic (exact) mass is 348 g/mol. The van der Waals surface area contributed by atoms with Crippen LogP contribution >= 0.6 is 15.9 Å². The second-order valence-corrected chi connectivity index (χ2v) is 6.09. The zero-order valence-corrected chi connectivity index (χ0v) is 13.0. The van der Waals surface area contributed by atoms with Gasteiger partial charge in [-0.3, -0.25) is 0 Å². The van der Waals surface area contributed by atoms with Gasteiger partial charge in [0, 0.05) is 29.8 Å². The lowest BCUT2D eigenvalue weighted by Gasteiger charge is -2.33. The van der Waals surface area contributed by atoms with Crippen molar-refractivity contribution in [1.82, 2.24) is 4.90 Å². The standard InChI is InChI=1S/C16H22BrNO2/c1-16(2,3)20-15(19)18-9-7-12(8-10-18)13-5-4-6-14(17)11-13/h4-6,11-12H,7-10H2,1-3H3/i7D2,8D2,9D2,10D2,12D. The minimum absolute atomic E-state index is 0.198. The van der Waals surface area contributed by atoms with Crippen LogP contribution in [0.1, 0.15) is 57.3 Å². The van der Waals surface area contributed by atoms with E-state index in [4.69, 9.17) is 17.1 Å². The number of carbonyl (C=O) groups is 1. The molecule has 110 valence electrons. The Kier molecular flexibility index (Phi) is 2.25. The molecule has 1 aromatic rings. The van der Waals surface area contributed by atoms with Crippen molar-refractivity contribution in [2.24, 2.45) is 0 Å². The number of benzene rings is 1. The number of carbonyl (C=O) groups excluding carboxylic acids is 1. The zero-order chi connectivity index (χ0) is 22.8. The number of nitrogens with zero attached hydrogens (tertiary/aromatic N) is 1. The molecule has 0 bridgehead atoms. The van der Waals surface area contributed by atoms with Crippen molar-refractivity contribution in [3.63, 3.8) is 0 Å². The summed E-state index contributed by atoms with van der Waals surface area (Å²) in [6.45, 7) is -2.47. The summed E-state index contributed by atoms with van der Waals surface area (Å²) in [7, 11) is 0. The second-order valence-electron chi connectivity index (χ2n) is 5.17. The minimum atomic E-state index is -3.42. The Morgan fingerprint density at radius 3 is 2.65 bits per heavy atom. The highest BCUT2D eigenvalue weighted by molar-refractivity contribution is 9.10. The topological polar surface area (TPSA) is 29.5 Å². The van der Waals surface area contributed by atoms with E-state index in [2.05, 4.69) is 15.9 Å². The van der Waals surface area contributed by atoms with Gasteiger partial charge in [0.2, 0.25) is 0 Å². The van der Waals surface area contributed by atoms with E-state index in [9.17, 15) is 4.79 Å². The summed E-state index contributed by atoms with van der Waals surface area (Å²) in [6.07, 6.45) is -8.30. The number of amides is 1. The third-order valence-electron chi connectivity index (χ3n) is 2.27. The molecule has 0 unspecified atom stereocenters. The average molecular weight is 349 g/mol. The lowest BCUT2D eigenvalue weighted by molar-refractivity contribution is 0.0205. The Balaban J connectivity index is 2.81. The Morgan fingerprint density at radius 1 is 1.45 bits per heavy atom. The number of hydrogen-bond acceptors (Lipinski definition) is 2. The first-order chi connectivity index (χ1) is 12.7. The van der Waals surface area contributed by atoms with Crippen LogP contribution in [0.3, 0.4) is 0 Å². The van der Waals surface area contributed by atoms with Gasteiger partial charge in [0.25, 0.3) is 0 Å². The van der Waals surface area contributed by atoms with Gasteiger partial charge in [0.1, 0.15) is 5.60 Å². The molecule has 20 heavy (non-hydrogen) atoms. The van der Waals surface area contributed by atoms with Gasteiger partial charge in [0.05, 0.1) is 0 Å². The largest absolute Gasteiger partial charge is 0.444 e. The number of halogens is 1. The fourth-order valence-corrected chi connectivity index (χ4v) is 1.87. The number of likely N-dealkylation sites (tertiary alicyclic amines) is 1. The normalized spacial score (nSPS) is 35.4. The minimum Gasteiger partial charge on any atom is -0.444 e. The van der Waals surface area contributed by atoms with E-state index in [1.165, 1.54) is 39.0 Å². The molecule has 2 rings (SSSR count). The fourth-order valence-electron chi connectivity index (χ4n) is 1.47. The Morgan fingerprint density at radius 2 is 2.10 bits per heavy atom. The third kappa shape index (κ3) is 4.23. The maximum Gasteiger partial charge on any atom is 0.410 e. The first-order valence-corrected chi connectivity index (χ1v) is 6.84. The first-order valence-electron chi connectivity index (χ1n) is 10.5. The summed E-state index contributed by atoms with van der Waals surface area (Å²) in [6, 6.07) is 5.42. The van der Waals surface area contributed by atoms with Crippen LogP contribution in [0.2, 0.25) is 0 Å². The van der Waals surface area contributed by atoms with Gasteiger partial charge < -0.3 is 9.64 Å². The van der Waals surface area contributed by atoms with Crippen molar-refractivity contribution in [1.29, 1.82) is 0 Å². The molecule has 0 aliphatic carbocycles. The van der Waals surface area contributed by atoms with Gasteiger partial charge in [-0.05, 0) is 57.1 Å². The molecule has 3 nitrogen and oxygen atoms in total. The molecule has 1 fully saturated rings. The fraction of sp³-hybridized carbons (Fsp3) is 0.562. The zero-order valence-electron chi connectivity index (χ0n) is 20.5. The van der Waals surface area contributed by atoms with Crippen LogP contribution in [0.5, 0.6) is 0 Å². The summed E-state index contributed by atoms with van der Waals surface area (Å²) < 4.78 is 81.0. The highest BCUT2D eigenvalue weighted by Gasteiger charge is 2.27. The van der Waals surface area contributed by atoms with Gasteiger partial charge in [-0.1, -0.05) is 28.1 Å². The smallest absolute Gasteiger partial charge is 0.410 e. The average Bonchev–Trinajstić information content (AvgIpc) is 2.50. The lowest BCUT2D eigenvalue weighted by Crippen LogP contribution is -2.41. The van der Waals surface area contributed by atoms with Crippen molar-refractivity contribution < 1.29 is 21.9 Å². The summed E-state index contributed by atoms with van der Waals surface area (Å²) in [5, 5.41) is 0. The van der Waals surface area contributed by atoms with Crippen molar-refractivity contribution >= 4 is 22.0 Å². The van der Waals surface area contributed by atoms with Crippen LogP contribution in [0.25, 0.3) is 0 Å². The maximum atomic E-state index is 12.6. The van der Waals surface area contributed by atoms with Gasteiger partial charge in [-0.15, -0.1) is 0 Å². The third-order valence-corrected chi connectivity index (χ3v) is 2.77. The molecular formula is C16H22BrNO2. The van der Waals surface area contributed by atoms with Gasteiger partial charge in [0.15, 0.2) is 0 Å². The van der Waals surface area contributed by atoms with E-state index in [0.29, 0.717) is 4.47 Å². The predicted octanol–water partition coefficient (Wildman–Crippen LogP) is 4.56. The first kappa shape index (κ1) is 7.30. The van der Waals surface area contributed by atoms with Crippen LogP contribution in [0.4, 0.5) is 4.79 Å². The molecule has 1 aliphatic heterocycles. The van der Waals surface area contributed by atoms with Crippen LogP contribution in [0.15, 0.2) is 28.7 Å². The van der Waals surface area contributed by atoms with Crippen LogP contribution < -0.4 is 0 Å². The van der Waals surface area contributed by atoms with Gasteiger partial charge in [-0.25, -0.2) is 4.79 Å². The molecule has 0 saturated carbocycles. The highest BCUT2D eigenvalue weighted by Crippen LogP contribution is 2.30. The SMILES string of the molecule is [2H]C1([2H])N(C(=O)OC(C)(C)C)C([2H])([2H])C([2H])([2H])C([2H])(c2cccc(Br)c2)C1([2H])[2H]. The molecule has 1 heterocycles. The predicted molar refractivity (Wildman–Crippen MR) is 83.9 cm³/mol. The maximum absolute atomic E-state index is 12.6. The van der Waals surface area contributed by atoms with E-state index in [1.807, 2.05) is 0 Å². The molecule has 0 N–H and O–H groups in total. The number of ether oxygens (including phenoxy) is 1. The second kappa shape index (κ2) is 6.17. The van der Waals surface area contributed by atoms with Crippen molar-refractivity contribution in [3.05, 3.63) is 34.3 Å². The molecule has 0 aromatic heterocycles. The molecule has 1 aliphatic rings. The molecule has 0 spiro atoms. The van der Waals surface area contributed by atoms with Gasteiger partial charge >= 0.3 is 6.09 Å². The summed E-state index contributed by atoms with van der Waals surface area (Å²) >= 11 is 3.15. The van der Waals surface area contributed by atoms with Crippen molar-refractivity contribution in [2.45, 2.75) is 45.0 Å². The Hall–Kier alpha value is -1.03. The molecule has 1 amide bonds. The number of piperidine rings is 1. The highest BCUT2D eigenvalue weighted by atomic mass is 79.9. The molecule has 4 heteroatoms. The molecule has 1 aromatic carbocycles. The Labute approximate surface area is 142 Å². The summed E-state index contributed by atoms with van der Waals surface area (Å²) in [5.41, 5.74) is -1.44. The van der Waals surface area contributed by atoms with E-state index < -0.39 is 43.3 Å². The van der Waals surface area contributed by atoms with Crippen LogP contribution in [0, 0.1) is 0 Å². The summed E-state index contributed by atoms with van der Waals surface area (Å²) in [4.78, 5) is 12.4. The van der Waals surface area contributed by atoms with E-state index >= 15 is 0 Å². The van der Waals surface area contributed by atoms with E-state index in [0.717, 1.165) is 0 Å². The van der Waals surface area contributed by atoms with Crippen LogP contribution in [-0.4, -0.2) is 29.6 Å². The van der Waals surface area contributed by atoms with Crippen molar-refractivity contribution in [3.8, 4) is 0 Å². The molecule has 0 radical (unpaired) electrons. The molecular weight excluding hydrogens is 318 g/mol. The van der Waals surface area contributed by atoms with E-state index in [-0.39, 0.29) is 10.5 Å². The quantitative estimate of drug-likeness (QED) is 0.744.